The summed E-state index contributed by atoms with van der Waals surface area (Å²) in [5, 5.41) is 11.3. The number of aliphatic hydroxyl groups is 1. The fourth-order valence-corrected chi connectivity index (χ4v) is 2.24. The molecule has 5 heteroatoms. The maximum Gasteiger partial charge on any atom is 0.127 e. The number of benzene rings is 1. The SMILES string of the molecule is CN(C)c1ccc(C(O)c2ccc(Cl)cc2Cl)cn1. The average Bonchev–Trinajstić information content (AvgIpc) is 2.38. The Morgan fingerprint density at radius 2 is 1.89 bits per heavy atom. The van der Waals surface area contributed by atoms with Gasteiger partial charge in [-0.2, -0.15) is 0 Å². The molecule has 0 amide bonds. The normalized spacial score (nSPS) is 12.3. The number of aromatic nitrogens is 1. The topological polar surface area (TPSA) is 36.4 Å². The van der Waals surface area contributed by atoms with Gasteiger partial charge in [0.2, 0.25) is 0 Å². The molecule has 2 aromatic rings. The van der Waals surface area contributed by atoms with Gasteiger partial charge in [-0.25, -0.2) is 4.98 Å². The highest BCUT2D eigenvalue weighted by Crippen LogP contribution is 2.30. The number of rotatable bonds is 3. The lowest BCUT2D eigenvalue weighted by atomic mass is 10.0. The van der Waals surface area contributed by atoms with Crippen molar-refractivity contribution in [1.29, 1.82) is 0 Å². The first-order chi connectivity index (χ1) is 8.99. The molecule has 1 aromatic heterocycles. The van der Waals surface area contributed by atoms with Gasteiger partial charge >= 0.3 is 0 Å². The van der Waals surface area contributed by atoms with E-state index in [0.29, 0.717) is 21.2 Å². The Bertz CT molecular complexity index is 570. The zero-order valence-electron chi connectivity index (χ0n) is 10.6. The molecule has 1 N–H and O–H groups in total. The molecule has 0 spiro atoms. The number of hydrogen-bond donors (Lipinski definition) is 1. The van der Waals surface area contributed by atoms with Crippen molar-refractivity contribution in [3.05, 3.63) is 57.7 Å². The smallest absolute Gasteiger partial charge is 0.127 e. The molecule has 1 atom stereocenters. The van der Waals surface area contributed by atoms with Gasteiger partial charge in [-0.3, -0.25) is 0 Å². The van der Waals surface area contributed by atoms with E-state index in [4.69, 9.17) is 23.2 Å². The Labute approximate surface area is 122 Å². The van der Waals surface area contributed by atoms with Gasteiger partial charge in [0.25, 0.3) is 0 Å². The van der Waals surface area contributed by atoms with Gasteiger partial charge in [-0.15, -0.1) is 0 Å². The monoisotopic (exact) mass is 296 g/mol. The summed E-state index contributed by atoms with van der Waals surface area (Å²) in [6.07, 6.45) is 0.832. The van der Waals surface area contributed by atoms with E-state index in [2.05, 4.69) is 4.98 Å². The number of aliphatic hydroxyl groups excluding tert-OH is 1. The van der Waals surface area contributed by atoms with Crippen LogP contribution in [0.3, 0.4) is 0 Å². The number of pyridine rings is 1. The van der Waals surface area contributed by atoms with E-state index in [9.17, 15) is 5.11 Å². The Hall–Kier alpha value is -1.29. The highest BCUT2D eigenvalue weighted by molar-refractivity contribution is 6.35. The van der Waals surface area contributed by atoms with Crippen molar-refractivity contribution in [2.45, 2.75) is 6.10 Å². The third-order valence-corrected chi connectivity index (χ3v) is 3.36. The van der Waals surface area contributed by atoms with Gasteiger partial charge in [0.1, 0.15) is 11.9 Å². The molecule has 0 bridgehead atoms. The van der Waals surface area contributed by atoms with Crippen molar-refractivity contribution in [3.8, 4) is 0 Å². The van der Waals surface area contributed by atoms with Crippen LogP contribution in [0, 0.1) is 0 Å². The van der Waals surface area contributed by atoms with E-state index < -0.39 is 6.10 Å². The second-order valence-corrected chi connectivity index (χ2v) is 5.26. The molecule has 0 radical (unpaired) electrons. The molecule has 0 fully saturated rings. The summed E-state index contributed by atoms with van der Waals surface area (Å²) in [6.45, 7) is 0. The molecular weight excluding hydrogens is 283 g/mol. The summed E-state index contributed by atoms with van der Waals surface area (Å²) < 4.78 is 0. The molecule has 1 aromatic carbocycles. The number of anilines is 1. The van der Waals surface area contributed by atoms with Crippen LogP contribution in [0.2, 0.25) is 10.0 Å². The van der Waals surface area contributed by atoms with Crippen LogP contribution in [0.25, 0.3) is 0 Å². The first kappa shape index (κ1) is 14.1. The lowest BCUT2D eigenvalue weighted by Crippen LogP contribution is -2.11. The second-order valence-electron chi connectivity index (χ2n) is 4.41. The van der Waals surface area contributed by atoms with Gasteiger partial charge in [0.15, 0.2) is 0 Å². The molecule has 0 saturated carbocycles. The molecule has 100 valence electrons. The largest absolute Gasteiger partial charge is 0.384 e. The second kappa shape index (κ2) is 5.78. The summed E-state index contributed by atoms with van der Waals surface area (Å²) in [6, 6.07) is 8.71. The van der Waals surface area contributed by atoms with Crippen molar-refractivity contribution < 1.29 is 5.11 Å². The highest BCUT2D eigenvalue weighted by Gasteiger charge is 2.14. The zero-order chi connectivity index (χ0) is 14.0. The Morgan fingerprint density at radius 1 is 1.16 bits per heavy atom. The number of hydrogen-bond acceptors (Lipinski definition) is 3. The molecule has 1 unspecified atom stereocenters. The summed E-state index contributed by atoms with van der Waals surface area (Å²) in [4.78, 5) is 6.16. The van der Waals surface area contributed by atoms with Crippen molar-refractivity contribution in [3.63, 3.8) is 0 Å². The summed E-state index contributed by atoms with van der Waals surface area (Å²) >= 11 is 11.9. The van der Waals surface area contributed by atoms with Crippen LogP contribution in [0.1, 0.15) is 17.2 Å². The molecule has 0 saturated heterocycles. The lowest BCUT2D eigenvalue weighted by molar-refractivity contribution is 0.220. The minimum atomic E-state index is -0.812. The van der Waals surface area contributed by atoms with Crippen molar-refractivity contribution in [2.75, 3.05) is 19.0 Å². The molecule has 1 heterocycles. The quantitative estimate of drug-likeness (QED) is 0.941. The van der Waals surface area contributed by atoms with Gasteiger partial charge in [0.05, 0.1) is 0 Å². The predicted molar refractivity (Wildman–Crippen MR) is 79.1 cm³/mol. The van der Waals surface area contributed by atoms with Crippen molar-refractivity contribution in [2.24, 2.45) is 0 Å². The maximum atomic E-state index is 10.3. The highest BCUT2D eigenvalue weighted by atomic mass is 35.5. The first-order valence-electron chi connectivity index (χ1n) is 5.75. The van der Waals surface area contributed by atoms with Crippen LogP contribution in [0.15, 0.2) is 36.5 Å². The van der Waals surface area contributed by atoms with Crippen LogP contribution in [-0.2, 0) is 0 Å². The molecule has 0 aliphatic carbocycles. The third kappa shape index (κ3) is 3.18. The zero-order valence-corrected chi connectivity index (χ0v) is 12.2. The Morgan fingerprint density at radius 3 is 2.42 bits per heavy atom. The molecule has 3 nitrogen and oxygen atoms in total. The summed E-state index contributed by atoms with van der Waals surface area (Å²) in [5.41, 5.74) is 1.31. The van der Waals surface area contributed by atoms with Gasteiger partial charge in [-0.05, 0) is 18.2 Å². The lowest BCUT2D eigenvalue weighted by Gasteiger charge is -2.15. The van der Waals surface area contributed by atoms with Crippen LogP contribution >= 0.6 is 23.2 Å². The van der Waals surface area contributed by atoms with Crippen molar-refractivity contribution >= 4 is 29.0 Å². The van der Waals surface area contributed by atoms with Gasteiger partial charge < -0.3 is 10.0 Å². The fourth-order valence-electron chi connectivity index (χ4n) is 1.73. The molecular formula is C14H14Cl2N2O. The van der Waals surface area contributed by atoms with E-state index in [0.717, 1.165) is 5.82 Å². The standard InChI is InChI=1S/C14H14Cl2N2O/c1-18(2)13-6-3-9(8-17-13)14(19)11-5-4-10(15)7-12(11)16/h3-8,14,19H,1-2H3. The first-order valence-corrected chi connectivity index (χ1v) is 6.51. The van der Waals surface area contributed by atoms with Crippen molar-refractivity contribution in [1.82, 2.24) is 4.98 Å². The van der Waals surface area contributed by atoms with E-state index in [1.54, 1.807) is 24.4 Å². The number of nitrogens with zero attached hydrogens (tertiary/aromatic N) is 2. The van der Waals surface area contributed by atoms with E-state index in [1.807, 2.05) is 31.1 Å². The average molecular weight is 297 g/mol. The Balaban J connectivity index is 2.30. The van der Waals surface area contributed by atoms with E-state index >= 15 is 0 Å². The van der Waals surface area contributed by atoms with E-state index in [1.165, 1.54) is 0 Å². The van der Waals surface area contributed by atoms with Crippen LogP contribution < -0.4 is 4.90 Å². The molecule has 2 rings (SSSR count). The van der Waals surface area contributed by atoms with Crippen LogP contribution in [-0.4, -0.2) is 24.2 Å². The summed E-state index contributed by atoms with van der Waals surface area (Å²) in [7, 11) is 3.82. The molecule has 0 aliphatic heterocycles. The van der Waals surface area contributed by atoms with Crippen LogP contribution in [0.4, 0.5) is 5.82 Å². The molecule has 0 aliphatic rings. The number of halogens is 2. The van der Waals surface area contributed by atoms with E-state index in [-0.39, 0.29) is 0 Å². The molecule has 19 heavy (non-hydrogen) atoms. The maximum absolute atomic E-state index is 10.3. The van der Waals surface area contributed by atoms with Crippen LogP contribution in [0.5, 0.6) is 0 Å². The van der Waals surface area contributed by atoms with Gasteiger partial charge in [0, 0.05) is 41.5 Å². The minimum Gasteiger partial charge on any atom is -0.384 e. The third-order valence-electron chi connectivity index (χ3n) is 2.80. The Kier molecular flexibility index (Phi) is 4.30. The predicted octanol–water partition coefficient (Wildman–Crippen LogP) is 3.54. The fraction of sp³-hybridized carbons (Fsp3) is 0.214. The minimum absolute atomic E-state index is 0.441. The summed E-state index contributed by atoms with van der Waals surface area (Å²) in [5.74, 6) is 0.832. The van der Waals surface area contributed by atoms with Gasteiger partial charge in [-0.1, -0.05) is 35.3 Å².